The zero-order valence-electron chi connectivity index (χ0n) is 10.6. The lowest BCUT2D eigenvalue weighted by molar-refractivity contribution is -0.117. The average molecular weight is 344 g/mol. The number of nitrogens with one attached hydrogen (secondary N) is 1. The van der Waals surface area contributed by atoms with Gasteiger partial charge in [0.05, 0.1) is 18.8 Å². The molecular formula is C12H14BrN3O2S. The number of halogens is 1. The molecule has 0 unspecified atom stereocenters. The van der Waals surface area contributed by atoms with E-state index in [2.05, 4.69) is 26.2 Å². The molecule has 5 nitrogen and oxygen atoms in total. The average Bonchev–Trinajstić information content (AvgIpc) is 2.87. The van der Waals surface area contributed by atoms with Crippen molar-refractivity contribution in [3.05, 3.63) is 33.6 Å². The Morgan fingerprint density at radius 1 is 1.58 bits per heavy atom. The molecule has 2 rings (SSSR count). The minimum absolute atomic E-state index is 0.0810. The largest absolute Gasteiger partial charge is 0.453 e. The summed E-state index contributed by atoms with van der Waals surface area (Å²) in [6.45, 7) is 2.76. The highest BCUT2D eigenvalue weighted by molar-refractivity contribution is 9.10. The van der Waals surface area contributed by atoms with E-state index in [-0.39, 0.29) is 12.5 Å². The first-order chi connectivity index (χ1) is 9.02. The van der Waals surface area contributed by atoms with Gasteiger partial charge in [-0.1, -0.05) is 0 Å². The Morgan fingerprint density at radius 2 is 2.37 bits per heavy atom. The highest BCUT2D eigenvalue weighted by atomic mass is 79.9. The first kappa shape index (κ1) is 14.2. The van der Waals surface area contributed by atoms with Gasteiger partial charge in [0.2, 0.25) is 5.91 Å². The number of thiazole rings is 1. The number of nitrogens with zero attached hydrogens (tertiary/aromatic N) is 2. The smallest absolute Gasteiger partial charge is 0.240 e. The summed E-state index contributed by atoms with van der Waals surface area (Å²) in [5, 5.41) is 5.31. The molecule has 0 aromatic carbocycles. The van der Waals surface area contributed by atoms with Gasteiger partial charge in [0.1, 0.15) is 5.76 Å². The van der Waals surface area contributed by atoms with Crippen molar-refractivity contribution in [1.82, 2.24) is 9.88 Å². The topological polar surface area (TPSA) is 58.4 Å². The van der Waals surface area contributed by atoms with E-state index in [1.165, 1.54) is 11.3 Å². The maximum absolute atomic E-state index is 11.8. The third-order valence-corrected chi connectivity index (χ3v) is 3.64. The normalized spacial score (nSPS) is 10.9. The lowest BCUT2D eigenvalue weighted by Gasteiger charge is -2.13. The Hall–Kier alpha value is -1.18. The van der Waals surface area contributed by atoms with Crippen molar-refractivity contribution in [2.24, 2.45) is 0 Å². The van der Waals surface area contributed by atoms with E-state index in [0.717, 1.165) is 11.5 Å². The van der Waals surface area contributed by atoms with Gasteiger partial charge in [0.25, 0.3) is 0 Å². The number of hydrogen-bond donors (Lipinski definition) is 1. The molecule has 0 atom stereocenters. The fourth-order valence-corrected chi connectivity index (χ4v) is 2.62. The summed E-state index contributed by atoms with van der Waals surface area (Å²) < 4.78 is 6.08. The van der Waals surface area contributed by atoms with Gasteiger partial charge in [0, 0.05) is 5.38 Å². The number of carbonyl (C=O) groups is 1. The Bertz CT molecular complexity index is 567. The number of carbonyl (C=O) groups excluding carboxylic acids is 1. The van der Waals surface area contributed by atoms with Crippen LogP contribution in [0.15, 0.2) is 26.6 Å². The van der Waals surface area contributed by atoms with Gasteiger partial charge in [-0.25, -0.2) is 4.98 Å². The summed E-state index contributed by atoms with van der Waals surface area (Å²) >= 11 is 4.67. The van der Waals surface area contributed by atoms with Crippen LogP contribution in [0.4, 0.5) is 5.13 Å². The van der Waals surface area contributed by atoms with Crippen molar-refractivity contribution in [3.63, 3.8) is 0 Å². The second-order valence-electron chi connectivity index (χ2n) is 4.22. The second-order valence-corrected chi connectivity index (χ2v) is 5.86. The van der Waals surface area contributed by atoms with Gasteiger partial charge in [-0.15, -0.1) is 11.3 Å². The lowest BCUT2D eigenvalue weighted by Crippen LogP contribution is -2.29. The molecule has 0 aliphatic rings. The summed E-state index contributed by atoms with van der Waals surface area (Å²) in [4.78, 5) is 17.9. The van der Waals surface area contributed by atoms with Crippen molar-refractivity contribution < 1.29 is 9.21 Å². The molecule has 1 N–H and O–H groups in total. The molecule has 2 heterocycles. The standard InChI is InChI=1S/C12H14BrN3O2S/c1-8-7-19-12(14-8)15-11(17)6-16(2)5-9-3-4-10(13)18-9/h3-4,7H,5-6H2,1-2H3,(H,14,15,17). The summed E-state index contributed by atoms with van der Waals surface area (Å²) in [7, 11) is 1.86. The van der Waals surface area contributed by atoms with Crippen molar-refractivity contribution in [1.29, 1.82) is 0 Å². The van der Waals surface area contributed by atoms with Crippen LogP contribution in [0.1, 0.15) is 11.5 Å². The Labute approximate surface area is 123 Å². The van der Waals surface area contributed by atoms with Crippen LogP contribution in [0, 0.1) is 6.92 Å². The van der Waals surface area contributed by atoms with Crippen molar-refractivity contribution in [2.75, 3.05) is 18.9 Å². The van der Waals surface area contributed by atoms with E-state index in [1.54, 1.807) is 0 Å². The minimum Gasteiger partial charge on any atom is -0.453 e. The van der Waals surface area contributed by atoms with Gasteiger partial charge in [-0.3, -0.25) is 9.69 Å². The number of anilines is 1. The van der Waals surface area contributed by atoms with Gasteiger partial charge >= 0.3 is 0 Å². The van der Waals surface area contributed by atoms with Crippen LogP contribution in [0.3, 0.4) is 0 Å². The fourth-order valence-electron chi connectivity index (χ4n) is 1.57. The van der Waals surface area contributed by atoms with Crippen LogP contribution in [-0.2, 0) is 11.3 Å². The molecule has 0 aliphatic heterocycles. The molecule has 2 aromatic rings. The van der Waals surface area contributed by atoms with E-state index in [4.69, 9.17) is 4.42 Å². The second kappa shape index (κ2) is 6.31. The zero-order valence-corrected chi connectivity index (χ0v) is 13.0. The van der Waals surface area contributed by atoms with Gasteiger partial charge in [0.15, 0.2) is 9.80 Å². The van der Waals surface area contributed by atoms with Crippen molar-refractivity contribution >= 4 is 38.3 Å². The Morgan fingerprint density at radius 3 is 2.95 bits per heavy atom. The van der Waals surface area contributed by atoms with Crippen LogP contribution in [-0.4, -0.2) is 29.4 Å². The molecule has 0 aliphatic carbocycles. The van der Waals surface area contributed by atoms with E-state index in [0.29, 0.717) is 16.3 Å². The van der Waals surface area contributed by atoms with Crippen molar-refractivity contribution in [3.8, 4) is 0 Å². The SMILES string of the molecule is Cc1csc(NC(=O)CN(C)Cc2ccc(Br)o2)n1. The first-order valence-electron chi connectivity index (χ1n) is 5.67. The fraction of sp³-hybridized carbons (Fsp3) is 0.333. The van der Waals surface area contributed by atoms with Crippen LogP contribution >= 0.6 is 27.3 Å². The molecule has 0 radical (unpaired) electrons. The number of likely N-dealkylation sites (N-methyl/N-ethyl adjacent to an activating group) is 1. The summed E-state index contributed by atoms with van der Waals surface area (Å²) in [6, 6.07) is 3.71. The van der Waals surface area contributed by atoms with E-state index < -0.39 is 0 Å². The number of aromatic nitrogens is 1. The van der Waals surface area contributed by atoms with Gasteiger partial charge in [-0.2, -0.15) is 0 Å². The molecule has 7 heteroatoms. The van der Waals surface area contributed by atoms with Crippen molar-refractivity contribution in [2.45, 2.75) is 13.5 Å². The molecule has 0 bridgehead atoms. The Balaban J connectivity index is 1.81. The highest BCUT2D eigenvalue weighted by Crippen LogP contribution is 2.16. The number of aryl methyl sites for hydroxylation is 1. The number of rotatable bonds is 5. The third-order valence-electron chi connectivity index (χ3n) is 2.33. The number of furan rings is 1. The first-order valence-corrected chi connectivity index (χ1v) is 7.35. The van der Waals surface area contributed by atoms with Gasteiger partial charge in [-0.05, 0) is 42.0 Å². The van der Waals surface area contributed by atoms with Crippen LogP contribution in [0.2, 0.25) is 0 Å². The summed E-state index contributed by atoms with van der Waals surface area (Å²) in [5.74, 6) is 0.731. The summed E-state index contributed by atoms with van der Waals surface area (Å²) in [5.41, 5.74) is 0.911. The van der Waals surface area contributed by atoms with E-state index >= 15 is 0 Å². The molecule has 19 heavy (non-hydrogen) atoms. The predicted molar refractivity (Wildman–Crippen MR) is 78.2 cm³/mol. The maximum atomic E-state index is 11.8. The van der Waals surface area contributed by atoms with Crippen LogP contribution < -0.4 is 5.32 Å². The molecule has 102 valence electrons. The molecular weight excluding hydrogens is 330 g/mol. The zero-order chi connectivity index (χ0) is 13.8. The van der Waals surface area contributed by atoms with E-state index in [1.807, 2.05) is 36.4 Å². The Kier molecular flexibility index (Phi) is 4.73. The monoisotopic (exact) mass is 343 g/mol. The molecule has 0 saturated heterocycles. The van der Waals surface area contributed by atoms with Gasteiger partial charge < -0.3 is 9.73 Å². The minimum atomic E-state index is -0.0810. The number of amides is 1. The molecule has 0 saturated carbocycles. The number of hydrogen-bond acceptors (Lipinski definition) is 5. The molecule has 2 aromatic heterocycles. The highest BCUT2D eigenvalue weighted by Gasteiger charge is 2.10. The van der Waals surface area contributed by atoms with E-state index in [9.17, 15) is 4.79 Å². The maximum Gasteiger partial charge on any atom is 0.240 e. The molecule has 0 spiro atoms. The summed E-state index contributed by atoms with van der Waals surface area (Å²) in [6.07, 6.45) is 0. The molecule has 0 fully saturated rings. The lowest BCUT2D eigenvalue weighted by atomic mass is 10.4. The third kappa shape index (κ3) is 4.45. The molecule has 1 amide bonds. The predicted octanol–water partition coefficient (Wildman–Crippen LogP) is 2.88. The van der Waals surface area contributed by atoms with Crippen LogP contribution in [0.5, 0.6) is 0 Å². The quantitative estimate of drug-likeness (QED) is 0.906. The van der Waals surface area contributed by atoms with Crippen LogP contribution in [0.25, 0.3) is 0 Å².